The normalized spacial score (nSPS) is 13.6. The molecule has 0 aromatic carbocycles. The van der Waals surface area contributed by atoms with Gasteiger partial charge in [-0.1, -0.05) is 20.4 Å². The Morgan fingerprint density at radius 1 is 1.31 bits per heavy atom. The lowest BCUT2D eigenvalue weighted by atomic mass is 10.2. The molecule has 16 heavy (non-hydrogen) atoms. The van der Waals surface area contributed by atoms with Gasteiger partial charge in [-0.05, 0) is 46.0 Å². The van der Waals surface area contributed by atoms with Crippen molar-refractivity contribution in [3.63, 3.8) is 0 Å². The van der Waals surface area contributed by atoms with Gasteiger partial charge < -0.3 is 15.6 Å². The molecule has 1 aliphatic rings. The Hall–Kier alpha value is -0.670. The van der Waals surface area contributed by atoms with Crippen molar-refractivity contribution >= 4 is 5.71 Å². The Bertz CT molecular complexity index is 172. The predicted molar refractivity (Wildman–Crippen MR) is 74.5 cm³/mol. The van der Waals surface area contributed by atoms with Gasteiger partial charge >= 0.3 is 0 Å². The number of likely N-dealkylation sites (tertiary alicyclic amines) is 1. The fourth-order valence-electron chi connectivity index (χ4n) is 0.875. The second kappa shape index (κ2) is 12.4. The van der Waals surface area contributed by atoms with Crippen LogP contribution in [0.3, 0.4) is 0 Å². The Labute approximate surface area is 101 Å². The highest BCUT2D eigenvalue weighted by Crippen LogP contribution is 2.02. The molecule has 1 saturated heterocycles. The zero-order chi connectivity index (χ0) is 13.0. The quantitative estimate of drug-likeness (QED) is 0.725. The number of allylic oxidation sites excluding steroid dienone is 1. The smallest absolute Gasteiger partial charge is 0.0306 e. The van der Waals surface area contributed by atoms with Gasteiger partial charge in [-0.2, -0.15) is 0 Å². The highest BCUT2D eigenvalue weighted by molar-refractivity contribution is 5.94. The van der Waals surface area contributed by atoms with E-state index in [1.807, 2.05) is 27.8 Å². The molecule has 0 atom stereocenters. The first-order valence-corrected chi connectivity index (χ1v) is 6.16. The third-order valence-corrected chi connectivity index (χ3v) is 2.27. The SMILES string of the molecule is C=C(C)C(C)=N.CC.CNCCN1CCC1. The van der Waals surface area contributed by atoms with Crippen LogP contribution in [-0.4, -0.2) is 43.8 Å². The predicted octanol–water partition coefficient (Wildman–Crippen LogP) is 2.54. The van der Waals surface area contributed by atoms with Crippen molar-refractivity contribution in [2.24, 2.45) is 0 Å². The molecule has 0 aromatic heterocycles. The van der Waals surface area contributed by atoms with E-state index in [9.17, 15) is 0 Å². The van der Waals surface area contributed by atoms with Gasteiger partial charge in [-0.25, -0.2) is 0 Å². The molecule has 3 nitrogen and oxygen atoms in total. The molecular weight excluding hydrogens is 198 g/mol. The molecule has 0 unspecified atom stereocenters. The Balaban J connectivity index is 0. The van der Waals surface area contributed by atoms with Gasteiger partial charge in [0.05, 0.1) is 0 Å². The van der Waals surface area contributed by atoms with E-state index in [-0.39, 0.29) is 0 Å². The zero-order valence-corrected chi connectivity index (χ0v) is 11.7. The Kier molecular flexibility index (Phi) is 13.7. The molecule has 0 aliphatic carbocycles. The van der Waals surface area contributed by atoms with Gasteiger partial charge in [0.1, 0.15) is 0 Å². The minimum atomic E-state index is 0.565. The summed E-state index contributed by atoms with van der Waals surface area (Å²) in [6, 6.07) is 0. The first-order valence-electron chi connectivity index (χ1n) is 6.16. The van der Waals surface area contributed by atoms with Crippen molar-refractivity contribution in [3.05, 3.63) is 12.2 Å². The molecule has 1 aliphatic heterocycles. The molecule has 0 aromatic rings. The molecule has 1 fully saturated rings. The van der Waals surface area contributed by atoms with Crippen molar-refractivity contribution in [1.29, 1.82) is 5.41 Å². The van der Waals surface area contributed by atoms with Crippen LogP contribution >= 0.6 is 0 Å². The zero-order valence-electron chi connectivity index (χ0n) is 11.7. The van der Waals surface area contributed by atoms with Crippen LogP contribution in [0.15, 0.2) is 12.2 Å². The number of rotatable bonds is 4. The summed E-state index contributed by atoms with van der Waals surface area (Å²) in [5.41, 5.74) is 1.41. The van der Waals surface area contributed by atoms with Gasteiger partial charge in [0.15, 0.2) is 0 Å². The minimum absolute atomic E-state index is 0.565. The van der Waals surface area contributed by atoms with E-state index >= 15 is 0 Å². The lowest BCUT2D eigenvalue weighted by molar-refractivity contribution is 0.184. The third kappa shape index (κ3) is 11.4. The summed E-state index contributed by atoms with van der Waals surface area (Å²) in [4.78, 5) is 2.45. The van der Waals surface area contributed by atoms with Crippen LogP contribution in [0.4, 0.5) is 0 Å². The van der Waals surface area contributed by atoms with Gasteiger partial charge in [0.2, 0.25) is 0 Å². The van der Waals surface area contributed by atoms with Gasteiger partial charge in [-0.15, -0.1) is 0 Å². The summed E-state index contributed by atoms with van der Waals surface area (Å²) in [7, 11) is 2.00. The number of nitrogens with zero attached hydrogens (tertiary/aromatic N) is 1. The van der Waals surface area contributed by atoms with Gasteiger partial charge in [0, 0.05) is 18.8 Å². The molecule has 0 spiro atoms. The summed E-state index contributed by atoms with van der Waals surface area (Å²) in [6.45, 7) is 16.1. The third-order valence-electron chi connectivity index (χ3n) is 2.27. The van der Waals surface area contributed by atoms with Crippen LogP contribution in [0.1, 0.15) is 34.1 Å². The second-order valence-corrected chi connectivity index (χ2v) is 3.70. The summed E-state index contributed by atoms with van der Waals surface area (Å²) in [5, 5.41) is 9.97. The van der Waals surface area contributed by atoms with Crippen molar-refractivity contribution in [2.45, 2.75) is 34.1 Å². The average Bonchev–Trinajstić information content (AvgIpc) is 2.20. The molecule has 0 radical (unpaired) electrons. The van der Waals surface area contributed by atoms with E-state index in [4.69, 9.17) is 5.41 Å². The maximum atomic E-state index is 6.85. The van der Waals surface area contributed by atoms with Gasteiger partial charge in [0.25, 0.3) is 0 Å². The van der Waals surface area contributed by atoms with Crippen LogP contribution < -0.4 is 5.32 Å². The van der Waals surface area contributed by atoms with Crippen LogP contribution in [0.5, 0.6) is 0 Å². The van der Waals surface area contributed by atoms with Gasteiger partial charge in [-0.3, -0.25) is 0 Å². The first-order chi connectivity index (χ1) is 7.57. The highest BCUT2D eigenvalue weighted by atomic mass is 15.2. The van der Waals surface area contributed by atoms with Crippen LogP contribution in [-0.2, 0) is 0 Å². The van der Waals surface area contributed by atoms with Crippen molar-refractivity contribution < 1.29 is 0 Å². The molecule has 3 heteroatoms. The van der Waals surface area contributed by atoms with Crippen LogP contribution in [0.2, 0.25) is 0 Å². The summed E-state index contributed by atoms with van der Waals surface area (Å²) in [6.07, 6.45) is 1.41. The minimum Gasteiger partial charge on any atom is -0.318 e. The highest BCUT2D eigenvalue weighted by Gasteiger charge is 2.11. The van der Waals surface area contributed by atoms with Crippen molar-refractivity contribution in [2.75, 3.05) is 33.2 Å². The fraction of sp³-hybridized carbons (Fsp3) is 0.769. The molecule has 0 amide bonds. The lowest BCUT2D eigenvalue weighted by Gasteiger charge is -2.30. The summed E-state index contributed by atoms with van der Waals surface area (Å²) in [5.74, 6) is 0. The second-order valence-electron chi connectivity index (χ2n) is 3.70. The van der Waals surface area contributed by atoms with E-state index in [0.717, 1.165) is 12.1 Å². The molecule has 96 valence electrons. The fourth-order valence-corrected chi connectivity index (χ4v) is 0.875. The maximum Gasteiger partial charge on any atom is 0.0306 e. The first kappa shape index (κ1) is 17.7. The molecule has 1 heterocycles. The monoisotopic (exact) mass is 227 g/mol. The maximum absolute atomic E-state index is 6.85. The van der Waals surface area contributed by atoms with E-state index in [2.05, 4.69) is 16.8 Å². The van der Waals surface area contributed by atoms with Crippen LogP contribution in [0, 0.1) is 5.41 Å². The summed E-state index contributed by atoms with van der Waals surface area (Å²) < 4.78 is 0. The molecule has 0 bridgehead atoms. The van der Waals surface area contributed by atoms with Crippen LogP contribution in [0.25, 0.3) is 0 Å². The van der Waals surface area contributed by atoms with Crippen molar-refractivity contribution in [3.8, 4) is 0 Å². The number of nitrogens with one attached hydrogen (secondary N) is 2. The van der Waals surface area contributed by atoms with Crippen molar-refractivity contribution in [1.82, 2.24) is 10.2 Å². The molecular formula is C13H29N3. The number of likely N-dealkylation sites (N-methyl/N-ethyl adjacent to an activating group) is 1. The standard InChI is InChI=1S/C6H14N2.C5H9N.C2H6/c1-7-3-6-8-4-2-5-8;1-4(2)5(3)6;1-2/h7H,2-6H2,1H3;6H,1H2,2-3H3;1-2H3. The van der Waals surface area contributed by atoms with E-state index in [0.29, 0.717) is 5.71 Å². The lowest BCUT2D eigenvalue weighted by Crippen LogP contribution is -2.40. The Morgan fingerprint density at radius 2 is 1.75 bits per heavy atom. The topological polar surface area (TPSA) is 39.1 Å². The number of hydrogen-bond acceptors (Lipinski definition) is 3. The molecule has 0 saturated carbocycles. The Morgan fingerprint density at radius 3 is 1.94 bits per heavy atom. The van der Waals surface area contributed by atoms with E-state index < -0.39 is 0 Å². The molecule has 2 N–H and O–H groups in total. The van der Waals surface area contributed by atoms with E-state index in [1.165, 1.54) is 26.1 Å². The van der Waals surface area contributed by atoms with E-state index in [1.54, 1.807) is 6.92 Å². The summed E-state index contributed by atoms with van der Waals surface area (Å²) >= 11 is 0. The number of hydrogen-bond donors (Lipinski definition) is 2. The molecule has 1 rings (SSSR count). The largest absolute Gasteiger partial charge is 0.318 e. The average molecular weight is 227 g/mol.